The first kappa shape index (κ1) is 15.3. The molecular formula is C15H20N2O4. The van der Waals surface area contributed by atoms with Crippen LogP contribution in [0.15, 0.2) is 23.8 Å². The fourth-order valence-corrected chi connectivity index (χ4v) is 2.72. The maximum absolute atomic E-state index is 11.5. The SMILES string of the molecule is COc1ccc(C(=C2CCCCC2N)[N+](=O)[O-])cc1OC. The molecular weight excluding hydrogens is 272 g/mol. The fourth-order valence-electron chi connectivity index (χ4n) is 2.72. The summed E-state index contributed by atoms with van der Waals surface area (Å²) < 4.78 is 10.4. The summed E-state index contributed by atoms with van der Waals surface area (Å²) in [6.45, 7) is 0. The van der Waals surface area contributed by atoms with Gasteiger partial charge in [0, 0.05) is 11.6 Å². The molecule has 0 spiro atoms. The maximum Gasteiger partial charge on any atom is 0.277 e. The Kier molecular flexibility index (Phi) is 4.80. The van der Waals surface area contributed by atoms with Crippen LogP contribution in [-0.2, 0) is 0 Å². The van der Waals surface area contributed by atoms with Crippen molar-refractivity contribution in [3.05, 3.63) is 39.4 Å². The highest BCUT2D eigenvalue weighted by Gasteiger charge is 2.28. The van der Waals surface area contributed by atoms with Crippen molar-refractivity contribution >= 4 is 5.70 Å². The minimum Gasteiger partial charge on any atom is -0.493 e. The summed E-state index contributed by atoms with van der Waals surface area (Å²) in [6.07, 6.45) is 3.42. The molecule has 1 aromatic rings. The molecule has 21 heavy (non-hydrogen) atoms. The summed E-state index contributed by atoms with van der Waals surface area (Å²) in [7, 11) is 3.04. The zero-order valence-corrected chi connectivity index (χ0v) is 12.3. The van der Waals surface area contributed by atoms with Crippen molar-refractivity contribution in [2.24, 2.45) is 5.73 Å². The van der Waals surface area contributed by atoms with E-state index in [0.717, 1.165) is 24.8 Å². The van der Waals surface area contributed by atoms with Crippen LogP contribution in [0.1, 0.15) is 31.2 Å². The lowest BCUT2D eigenvalue weighted by molar-refractivity contribution is -0.376. The highest BCUT2D eigenvalue weighted by molar-refractivity contribution is 5.66. The van der Waals surface area contributed by atoms with Crippen LogP contribution >= 0.6 is 0 Å². The molecule has 0 amide bonds. The number of hydrogen-bond donors (Lipinski definition) is 1. The lowest BCUT2D eigenvalue weighted by atomic mass is 9.87. The third kappa shape index (κ3) is 3.16. The van der Waals surface area contributed by atoms with Crippen molar-refractivity contribution in [1.82, 2.24) is 0 Å². The van der Waals surface area contributed by atoms with Gasteiger partial charge in [-0.25, -0.2) is 0 Å². The van der Waals surface area contributed by atoms with Gasteiger partial charge in [-0.1, -0.05) is 6.42 Å². The van der Waals surface area contributed by atoms with Crippen LogP contribution in [0.4, 0.5) is 0 Å². The average Bonchev–Trinajstić information content (AvgIpc) is 2.49. The van der Waals surface area contributed by atoms with E-state index in [4.69, 9.17) is 15.2 Å². The standard InChI is InChI=1S/C15H20N2O4/c1-20-13-8-7-10(9-14(13)21-2)15(17(18)19)11-5-3-4-6-12(11)16/h7-9,12H,3-6,16H2,1-2H3. The average molecular weight is 292 g/mol. The van der Waals surface area contributed by atoms with Crippen LogP contribution in [0.5, 0.6) is 11.5 Å². The third-order valence-corrected chi connectivity index (χ3v) is 3.80. The summed E-state index contributed by atoms with van der Waals surface area (Å²) in [5, 5.41) is 11.5. The predicted octanol–water partition coefficient (Wildman–Crippen LogP) is 2.59. The van der Waals surface area contributed by atoms with Gasteiger partial charge in [0.15, 0.2) is 11.5 Å². The second-order valence-electron chi connectivity index (χ2n) is 5.05. The Labute approximate surface area is 123 Å². The molecule has 1 saturated carbocycles. The lowest BCUT2D eigenvalue weighted by Crippen LogP contribution is -2.28. The maximum atomic E-state index is 11.5. The number of methoxy groups -OCH3 is 2. The molecule has 0 radical (unpaired) electrons. The lowest BCUT2D eigenvalue weighted by Gasteiger charge is -2.21. The monoisotopic (exact) mass is 292 g/mol. The molecule has 1 unspecified atom stereocenters. The predicted molar refractivity (Wildman–Crippen MR) is 79.9 cm³/mol. The number of ether oxygens (including phenoxy) is 2. The van der Waals surface area contributed by atoms with E-state index in [1.165, 1.54) is 14.2 Å². The minimum absolute atomic E-state index is 0.100. The van der Waals surface area contributed by atoms with Gasteiger partial charge in [0.25, 0.3) is 5.70 Å². The number of nitrogens with zero attached hydrogens (tertiary/aromatic N) is 1. The molecule has 0 aliphatic heterocycles. The first-order valence-corrected chi connectivity index (χ1v) is 6.94. The Morgan fingerprint density at radius 2 is 2.00 bits per heavy atom. The normalized spacial score (nSPS) is 20.8. The summed E-state index contributed by atoms with van der Waals surface area (Å²) in [6, 6.07) is 4.73. The van der Waals surface area contributed by atoms with E-state index in [2.05, 4.69) is 0 Å². The topological polar surface area (TPSA) is 87.6 Å². The Balaban J connectivity index is 2.53. The van der Waals surface area contributed by atoms with E-state index in [-0.39, 0.29) is 16.7 Å². The van der Waals surface area contributed by atoms with Gasteiger partial charge in [-0.05, 0) is 37.5 Å². The fraction of sp³-hybridized carbons (Fsp3) is 0.467. The third-order valence-electron chi connectivity index (χ3n) is 3.80. The number of nitro groups is 1. The van der Waals surface area contributed by atoms with Crippen LogP contribution in [0.25, 0.3) is 5.70 Å². The van der Waals surface area contributed by atoms with Gasteiger partial charge in [0.05, 0.1) is 24.7 Å². The number of rotatable bonds is 4. The van der Waals surface area contributed by atoms with E-state index < -0.39 is 0 Å². The molecule has 0 saturated heterocycles. The molecule has 0 heterocycles. The smallest absolute Gasteiger partial charge is 0.277 e. The Morgan fingerprint density at radius 1 is 1.29 bits per heavy atom. The Hall–Kier alpha value is -2.08. The van der Waals surface area contributed by atoms with Gasteiger partial charge >= 0.3 is 0 Å². The van der Waals surface area contributed by atoms with Crippen molar-refractivity contribution in [3.8, 4) is 11.5 Å². The van der Waals surface area contributed by atoms with Gasteiger partial charge < -0.3 is 15.2 Å². The largest absolute Gasteiger partial charge is 0.493 e. The Bertz CT molecular complexity index is 569. The van der Waals surface area contributed by atoms with Crippen molar-refractivity contribution in [3.63, 3.8) is 0 Å². The van der Waals surface area contributed by atoms with Gasteiger partial charge in [0.2, 0.25) is 0 Å². The summed E-state index contributed by atoms with van der Waals surface area (Å²) in [4.78, 5) is 11.2. The molecule has 0 aromatic heterocycles. The second-order valence-corrected chi connectivity index (χ2v) is 5.05. The van der Waals surface area contributed by atoms with Crippen LogP contribution in [-0.4, -0.2) is 25.2 Å². The van der Waals surface area contributed by atoms with Crippen molar-refractivity contribution in [1.29, 1.82) is 0 Å². The summed E-state index contributed by atoms with van der Waals surface area (Å²) in [5.41, 5.74) is 7.39. The molecule has 1 fully saturated rings. The number of benzene rings is 1. The molecule has 1 aromatic carbocycles. The van der Waals surface area contributed by atoms with Crippen molar-refractivity contribution in [2.45, 2.75) is 31.7 Å². The van der Waals surface area contributed by atoms with Crippen LogP contribution in [0.3, 0.4) is 0 Å². The number of hydrogen-bond acceptors (Lipinski definition) is 5. The molecule has 1 aliphatic carbocycles. The van der Waals surface area contributed by atoms with Gasteiger partial charge in [0.1, 0.15) is 0 Å². The van der Waals surface area contributed by atoms with E-state index in [1.54, 1.807) is 18.2 Å². The minimum atomic E-state index is -0.345. The van der Waals surface area contributed by atoms with Gasteiger partial charge in [-0.2, -0.15) is 0 Å². The summed E-state index contributed by atoms with van der Waals surface area (Å²) in [5.74, 6) is 1.02. The van der Waals surface area contributed by atoms with Gasteiger partial charge in [-0.3, -0.25) is 10.1 Å². The zero-order valence-electron chi connectivity index (χ0n) is 12.3. The summed E-state index contributed by atoms with van der Waals surface area (Å²) >= 11 is 0. The van der Waals surface area contributed by atoms with E-state index >= 15 is 0 Å². The van der Waals surface area contributed by atoms with Crippen LogP contribution in [0.2, 0.25) is 0 Å². The van der Waals surface area contributed by atoms with Gasteiger partial charge in [-0.15, -0.1) is 0 Å². The molecule has 6 heteroatoms. The quantitative estimate of drug-likeness (QED) is 0.680. The zero-order chi connectivity index (χ0) is 15.4. The highest BCUT2D eigenvalue weighted by atomic mass is 16.6. The van der Waals surface area contributed by atoms with E-state index in [9.17, 15) is 10.1 Å². The van der Waals surface area contributed by atoms with E-state index in [0.29, 0.717) is 23.5 Å². The molecule has 1 aliphatic rings. The molecule has 2 rings (SSSR count). The first-order valence-electron chi connectivity index (χ1n) is 6.94. The van der Waals surface area contributed by atoms with Crippen molar-refractivity contribution < 1.29 is 14.4 Å². The molecule has 0 bridgehead atoms. The van der Waals surface area contributed by atoms with E-state index in [1.807, 2.05) is 0 Å². The molecule has 2 N–H and O–H groups in total. The van der Waals surface area contributed by atoms with Crippen molar-refractivity contribution in [2.75, 3.05) is 14.2 Å². The molecule has 114 valence electrons. The first-order chi connectivity index (χ1) is 10.1. The number of nitrogens with two attached hydrogens (primary N) is 1. The van der Waals surface area contributed by atoms with Crippen LogP contribution < -0.4 is 15.2 Å². The van der Waals surface area contributed by atoms with Crippen LogP contribution in [0, 0.1) is 10.1 Å². The molecule has 1 atom stereocenters. The molecule has 6 nitrogen and oxygen atoms in total. The Morgan fingerprint density at radius 3 is 2.57 bits per heavy atom. The highest BCUT2D eigenvalue weighted by Crippen LogP contribution is 2.35. The second kappa shape index (κ2) is 6.58.